The van der Waals surface area contributed by atoms with Crippen LogP contribution >= 0.6 is 22.7 Å². The lowest BCUT2D eigenvalue weighted by Crippen LogP contribution is -2.44. The maximum absolute atomic E-state index is 12.7. The second kappa shape index (κ2) is 11.0. The van der Waals surface area contributed by atoms with Crippen LogP contribution in [0.3, 0.4) is 0 Å². The van der Waals surface area contributed by atoms with Gasteiger partial charge in [-0.25, -0.2) is 4.98 Å². The molecule has 1 aromatic carbocycles. The minimum absolute atomic E-state index is 0.231. The number of amides is 1. The molecule has 198 valence electrons. The van der Waals surface area contributed by atoms with E-state index in [1.54, 1.807) is 22.7 Å². The summed E-state index contributed by atoms with van der Waals surface area (Å²) >= 11 is 3.36. The predicted octanol–water partition coefficient (Wildman–Crippen LogP) is 5.54. The minimum atomic E-state index is 0.231. The molecule has 0 unspecified atom stereocenters. The van der Waals surface area contributed by atoms with Gasteiger partial charge in [-0.15, -0.1) is 22.7 Å². The van der Waals surface area contributed by atoms with E-state index >= 15 is 0 Å². The number of benzene rings is 1. The molecule has 0 spiro atoms. The van der Waals surface area contributed by atoms with Gasteiger partial charge >= 0.3 is 0 Å². The molecule has 5 heterocycles. The second-order valence-corrected chi connectivity index (χ2v) is 12.2. The first-order chi connectivity index (χ1) is 18.5. The summed E-state index contributed by atoms with van der Waals surface area (Å²) in [5.74, 6) is 1.40. The quantitative estimate of drug-likeness (QED) is 0.316. The Labute approximate surface area is 231 Å². The number of carbonyl (C=O) groups is 1. The third kappa shape index (κ3) is 5.28. The van der Waals surface area contributed by atoms with E-state index in [2.05, 4.69) is 51.6 Å². The van der Waals surface area contributed by atoms with Crippen LogP contribution in [0.1, 0.15) is 34.4 Å². The summed E-state index contributed by atoms with van der Waals surface area (Å²) in [6.45, 7) is 7.74. The van der Waals surface area contributed by atoms with Crippen molar-refractivity contribution in [3.05, 3.63) is 62.8 Å². The fourth-order valence-electron chi connectivity index (χ4n) is 5.43. The van der Waals surface area contributed by atoms with Crippen molar-refractivity contribution >= 4 is 34.3 Å². The number of anilines is 1. The molecule has 4 aromatic rings. The third-order valence-corrected chi connectivity index (χ3v) is 9.61. The smallest absolute Gasteiger partial charge is 0.227 e. The molecule has 6 rings (SSSR count). The maximum atomic E-state index is 12.7. The van der Waals surface area contributed by atoms with Crippen molar-refractivity contribution in [3.8, 4) is 22.5 Å². The average molecular weight is 548 g/mol. The molecule has 0 radical (unpaired) electrons. The molecule has 38 heavy (non-hydrogen) atoms. The zero-order chi connectivity index (χ0) is 26.1. The molecule has 3 aromatic heterocycles. The molecule has 7 nitrogen and oxygen atoms in total. The minimum Gasteiger partial charge on any atom is -0.369 e. The Balaban J connectivity index is 1.16. The van der Waals surface area contributed by atoms with Crippen molar-refractivity contribution in [2.75, 3.05) is 51.2 Å². The van der Waals surface area contributed by atoms with Crippen LogP contribution in [0.2, 0.25) is 0 Å². The summed E-state index contributed by atoms with van der Waals surface area (Å²) in [6.07, 6.45) is 2.41. The van der Waals surface area contributed by atoms with Crippen molar-refractivity contribution < 1.29 is 9.32 Å². The highest BCUT2D eigenvalue weighted by molar-refractivity contribution is 7.10. The van der Waals surface area contributed by atoms with Gasteiger partial charge in [0.05, 0.1) is 22.7 Å². The molecular formula is C29H33N5O2S2. The number of thiazole rings is 1. The monoisotopic (exact) mass is 547 g/mol. The normalized spacial score (nSPS) is 17.3. The molecule has 0 aliphatic carbocycles. The molecule has 2 aliphatic heterocycles. The highest BCUT2D eigenvalue weighted by Gasteiger charge is 2.27. The van der Waals surface area contributed by atoms with E-state index in [-0.39, 0.29) is 5.91 Å². The van der Waals surface area contributed by atoms with Gasteiger partial charge in [0, 0.05) is 66.7 Å². The Kier molecular flexibility index (Phi) is 7.32. The Bertz CT molecular complexity index is 1380. The first-order valence-corrected chi connectivity index (χ1v) is 15.1. The molecule has 1 amide bonds. The topological polar surface area (TPSA) is 65.7 Å². The van der Waals surface area contributed by atoms with Gasteiger partial charge in [-0.3, -0.25) is 4.79 Å². The van der Waals surface area contributed by atoms with Crippen LogP contribution in [0.4, 0.5) is 5.69 Å². The lowest BCUT2D eigenvalue weighted by Gasteiger charge is -2.34. The van der Waals surface area contributed by atoms with E-state index in [1.165, 1.54) is 5.69 Å². The Morgan fingerprint density at radius 1 is 1.05 bits per heavy atom. The summed E-state index contributed by atoms with van der Waals surface area (Å²) < 4.78 is 5.69. The van der Waals surface area contributed by atoms with Crippen LogP contribution in [0.25, 0.3) is 22.5 Å². The summed E-state index contributed by atoms with van der Waals surface area (Å²) in [4.78, 5) is 25.7. The first kappa shape index (κ1) is 25.3. The Morgan fingerprint density at radius 3 is 2.63 bits per heavy atom. The number of aryl methyl sites for hydroxylation is 1. The van der Waals surface area contributed by atoms with Gasteiger partial charge in [0.15, 0.2) is 0 Å². The second-order valence-electron chi connectivity index (χ2n) is 10.3. The van der Waals surface area contributed by atoms with Crippen molar-refractivity contribution in [2.45, 2.75) is 32.1 Å². The lowest BCUT2D eigenvalue weighted by molar-refractivity contribution is -0.131. The van der Waals surface area contributed by atoms with E-state index in [1.807, 2.05) is 29.3 Å². The maximum Gasteiger partial charge on any atom is 0.227 e. The van der Waals surface area contributed by atoms with Crippen LogP contribution in [-0.4, -0.2) is 72.2 Å². The predicted molar refractivity (Wildman–Crippen MR) is 154 cm³/mol. The summed E-state index contributed by atoms with van der Waals surface area (Å²) in [5.41, 5.74) is 5.04. The van der Waals surface area contributed by atoms with E-state index in [0.717, 1.165) is 90.3 Å². The van der Waals surface area contributed by atoms with Crippen LogP contribution in [0, 0.1) is 6.92 Å². The third-order valence-electron chi connectivity index (χ3n) is 7.73. The number of rotatable bonds is 6. The van der Waals surface area contributed by atoms with Gasteiger partial charge in [-0.05, 0) is 50.4 Å². The summed E-state index contributed by atoms with van der Waals surface area (Å²) in [7, 11) is 2.18. The molecular weight excluding hydrogens is 514 g/mol. The van der Waals surface area contributed by atoms with Crippen LogP contribution in [-0.2, 0) is 11.2 Å². The lowest BCUT2D eigenvalue weighted by atomic mass is 9.97. The first-order valence-electron chi connectivity index (χ1n) is 13.3. The van der Waals surface area contributed by atoms with Crippen LogP contribution in [0.5, 0.6) is 0 Å². The number of carbonyl (C=O) groups excluding carboxylic acids is 1. The molecule has 2 fully saturated rings. The largest absolute Gasteiger partial charge is 0.369 e. The van der Waals surface area contributed by atoms with E-state index < -0.39 is 0 Å². The van der Waals surface area contributed by atoms with Crippen molar-refractivity contribution in [3.63, 3.8) is 0 Å². The van der Waals surface area contributed by atoms with Gasteiger partial charge in [-0.2, -0.15) is 0 Å². The summed E-state index contributed by atoms with van der Waals surface area (Å²) in [6, 6.07) is 12.7. The Morgan fingerprint density at radius 2 is 1.87 bits per heavy atom. The number of hydrogen-bond acceptors (Lipinski definition) is 8. The van der Waals surface area contributed by atoms with Gasteiger partial charge in [-0.1, -0.05) is 23.4 Å². The number of piperazine rings is 1. The molecule has 0 saturated carbocycles. The molecule has 2 saturated heterocycles. The number of likely N-dealkylation sites (tertiary alicyclic amines) is 1. The molecule has 0 bridgehead atoms. The highest BCUT2D eigenvalue weighted by Crippen LogP contribution is 2.39. The fourth-order valence-corrected chi connectivity index (χ4v) is 7.10. The standard InChI is InChI=1S/C29H33N5O2S2/c1-20-27(28(31-36-20)22-5-3-6-23(17-22)33-14-12-32(2)13-15-33)25-19-38-29(30-25)21-8-10-34(11-9-21)26(35)18-24-7-4-16-37-24/h3-7,16-17,19,21H,8-15,18H2,1-2H3. The molecule has 2 aliphatic rings. The molecule has 0 atom stereocenters. The van der Waals surface area contributed by atoms with Gasteiger partial charge in [0.1, 0.15) is 11.5 Å². The number of hydrogen-bond donors (Lipinski definition) is 0. The molecule has 9 heteroatoms. The number of thiophene rings is 1. The highest BCUT2D eigenvalue weighted by atomic mass is 32.1. The SMILES string of the molecule is Cc1onc(-c2cccc(N3CCN(C)CC3)c2)c1-c1csc(C2CCN(C(=O)Cc3cccs3)CC2)n1. The number of aromatic nitrogens is 2. The van der Waals surface area contributed by atoms with Gasteiger partial charge in [0.2, 0.25) is 5.91 Å². The van der Waals surface area contributed by atoms with E-state index in [9.17, 15) is 4.79 Å². The van der Waals surface area contributed by atoms with Gasteiger partial charge < -0.3 is 19.2 Å². The van der Waals surface area contributed by atoms with Crippen LogP contribution < -0.4 is 4.90 Å². The average Bonchev–Trinajstić information content (AvgIpc) is 3.71. The van der Waals surface area contributed by atoms with Crippen molar-refractivity contribution in [1.29, 1.82) is 0 Å². The van der Waals surface area contributed by atoms with Crippen molar-refractivity contribution in [2.24, 2.45) is 0 Å². The van der Waals surface area contributed by atoms with Crippen LogP contribution in [0.15, 0.2) is 51.7 Å². The number of piperidine rings is 1. The Hall–Kier alpha value is -3.01. The molecule has 0 N–H and O–H groups in total. The van der Waals surface area contributed by atoms with E-state index in [4.69, 9.17) is 9.51 Å². The van der Waals surface area contributed by atoms with Gasteiger partial charge in [0.25, 0.3) is 0 Å². The zero-order valence-corrected chi connectivity index (χ0v) is 23.6. The zero-order valence-electron chi connectivity index (χ0n) is 21.9. The number of likely N-dealkylation sites (N-methyl/N-ethyl adjacent to an activating group) is 1. The number of nitrogens with zero attached hydrogens (tertiary/aromatic N) is 5. The fraction of sp³-hybridized carbons (Fsp3) is 0.414. The van der Waals surface area contributed by atoms with Crippen molar-refractivity contribution in [1.82, 2.24) is 19.9 Å². The summed E-state index contributed by atoms with van der Waals surface area (Å²) in [5, 5.41) is 9.77. The van der Waals surface area contributed by atoms with E-state index in [0.29, 0.717) is 12.3 Å².